The molecule has 28 heavy (non-hydrogen) atoms. The molecule has 1 aliphatic heterocycles. The zero-order valence-corrected chi connectivity index (χ0v) is 17.7. The van der Waals surface area contributed by atoms with Crippen molar-refractivity contribution >= 4 is 22.6 Å². The number of anilines is 1. The molecule has 0 spiro atoms. The van der Waals surface area contributed by atoms with Gasteiger partial charge in [0.05, 0.1) is 7.11 Å². The molecule has 2 aromatic rings. The fourth-order valence-corrected chi connectivity index (χ4v) is 4.15. The maximum Gasteiger partial charge on any atom is 0.224 e. The third kappa shape index (κ3) is 5.67. The number of aromatic nitrogens is 2. The summed E-state index contributed by atoms with van der Waals surface area (Å²) in [6.07, 6.45) is 5.70. The molecule has 0 saturated carbocycles. The van der Waals surface area contributed by atoms with E-state index in [0.717, 1.165) is 67.6 Å². The minimum absolute atomic E-state index is 0.264. The Labute approximate surface area is 171 Å². The zero-order chi connectivity index (χ0) is 19.8. The number of likely N-dealkylation sites (tertiary alicyclic amines) is 1. The first-order valence-electron chi connectivity index (χ1n) is 10.2. The molecule has 7 heteroatoms. The number of hydrogen-bond acceptors (Lipinski definition) is 6. The molecule has 0 atom stereocenters. The van der Waals surface area contributed by atoms with Gasteiger partial charge in [-0.3, -0.25) is 4.79 Å². The summed E-state index contributed by atoms with van der Waals surface area (Å²) in [6, 6.07) is 8.00. The fraction of sp³-hybridized carbons (Fsp3) is 0.571. The summed E-state index contributed by atoms with van der Waals surface area (Å²) in [5.41, 5.74) is 1.13. The topological polar surface area (TPSA) is 58.6 Å². The maximum absolute atomic E-state index is 12.4. The van der Waals surface area contributed by atoms with E-state index < -0.39 is 0 Å². The molecule has 1 saturated heterocycles. The van der Waals surface area contributed by atoms with Crippen LogP contribution in [0.15, 0.2) is 24.3 Å². The number of carbonyl (C=O) groups excluding carboxylic acids is 1. The van der Waals surface area contributed by atoms with E-state index in [1.165, 1.54) is 11.5 Å². The van der Waals surface area contributed by atoms with Crippen LogP contribution in [0, 0.1) is 0 Å². The standard InChI is InChI=1S/C21H30N4O2S/c1-3-4-11-25(14-10-20(26)24-12-5-6-13-24)21-22-19(23-28-21)16-17-8-7-9-18(15-17)27-2/h7-9,15H,3-6,10-14,16H2,1-2H3. The summed E-state index contributed by atoms with van der Waals surface area (Å²) < 4.78 is 9.85. The van der Waals surface area contributed by atoms with Crippen LogP contribution in [0.5, 0.6) is 5.75 Å². The lowest BCUT2D eigenvalue weighted by Crippen LogP contribution is -2.33. The summed E-state index contributed by atoms with van der Waals surface area (Å²) in [5.74, 6) is 1.93. The van der Waals surface area contributed by atoms with E-state index in [2.05, 4.69) is 22.3 Å². The van der Waals surface area contributed by atoms with E-state index >= 15 is 0 Å². The van der Waals surface area contributed by atoms with Crippen molar-refractivity contribution in [2.45, 2.75) is 45.4 Å². The van der Waals surface area contributed by atoms with Crippen LogP contribution < -0.4 is 9.64 Å². The van der Waals surface area contributed by atoms with Gasteiger partial charge in [-0.25, -0.2) is 4.98 Å². The second-order valence-electron chi connectivity index (χ2n) is 7.20. The first-order valence-corrected chi connectivity index (χ1v) is 10.9. The van der Waals surface area contributed by atoms with Gasteiger partial charge in [0.1, 0.15) is 11.6 Å². The summed E-state index contributed by atoms with van der Waals surface area (Å²) in [6.45, 7) is 5.64. The summed E-state index contributed by atoms with van der Waals surface area (Å²) in [5, 5.41) is 0.917. The smallest absolute Gasteiger partial charge is 0.224 e. The van der Waals surface area contributed by atoms with Gasteiger partial charge in [-0.15, -0.1) is 0 Å². The molecule has 0 aliphatic carbocycles. The van der Waals surface area contributed by atoms with Gasteiger partial charge >= 0.3 is 0 Å². The van der Waals surface area contributed by atoms with E-state index in [4.69, 9.17) is 9.72 Å². The number of amides is 1. The zero-order valence-electron chi connectivity index (χ0n) is 16.9. The lowest BCUT2D eigenvalue weighted by atomic mass is 10.1. The Hall–Kier alpha value is -2.15. The minimum atomic E-state index is 0.264. The SMILES string of the molecule is CCCCN(CCC(=O)N1CCCC1)c1nc(Cc2cccc(OC)c2)ns1. The second kappa shape index (κ2) is 10.4. The van der Waals surface area contributed by atoms with Crippen molar-refractivity contribution in [3.05, 3.63) is 35.7 Å². The van der Waals surface area contributed by atoms with Gasteiger partial charge in [-0.05, 0) is 37.0 Å². The Balaban J connectivity index is 1.62. The van der Waals surface area contributed by atoms with Crippen LogP contribution in [0.25, 0.3) is 0 Å². The molecule has 1 aromatic carbocycles. The number of hydrogen-bond donors (Lipinski definition) is 0. The van der Waals surface area contributed by atoms with Crippen LogP contribution in [0.4, 0.5) is 5.13 Å². The molecule has 1 amide bonds. The number of carbonyl (C=O) groups is 1. The van der Waals surface area contributed by atoms with E-state index in [0.29, 0.717) is 19.4 Å². The van der Waals surface area contributed by atoms with Crippen LogP contribution in [0.3, 0.4) is 0 Å². The van der Waals surface area contributed by atoms with Gasteiger partial charge in [0, 0.05) is 50.6 Å². The highest BCUT2D eigenvalue weighted by atomic mass is 32.1. The number of benzene rings is 1. The van der Waals surface area contributed by atoms with E-state index in [-0.39, 0.29) is 5.91 Å². The maximum atomic E-state index is 12.4. The molecule has 0 N–H and O–H groups in total. The van der Waals surface area contributed by atoms with Crippen LogP contribution in [-0.2, 0) is 11.2 Å². The molecule has 1 aromatic heterocycles. The minimum Gasteiger partial charge on any atom is -0.497 e. The molecule has 0 radical (unpaired) electrons. The molecular formula is C21H30N4O2S. The largest absolute Gasteiger partial charge is 0.497 e. The Morgan fingerprint density at radius 1 is 1.29 bits per heavy atom. The van der Waals surface area contributed by atoms with Gasteiger partial charge < -0.3 is 14.5 Å². The normalized spacial score (nSPS) is 13.7. The van der Waals surface area contributed by atoms with E-state index in [1.807, 2.05) is 23.1 Å². The summed E-state index contributed by atoms with van der Waals surface area (Å²) in [7, 11) is 1.67. The van der Waals surface area contributed by atoms with Crippen molar-refractivity contribution in [2.24, 2.45) is 0 Å². The van der Waals surface area contributed by atoms with Crippen LogP contribution >= 0.6 is 11.5 Å². The third-order valence-electron chi connectivity index (χ3n) is 5.06. The van der Waals surface area contributed by atoms with Gasteiger partial charge in [-0.2, -0.15) is 4.37 Å². The van der Waals surface area contributed by atoms with Gasteiger partial charge in [-0.1, -0.05) is 25.5 Å². The lowest BCUT2D eigenvalue weighted by molar-refractivity contribution is -0.129. The van der Waals surface area contributed by atoms with Gasteiger partial charge in [0.15, 0.2) is 0 Å². The van der Waals surface area contributed by atoms with Crippen LogP contribution in [0.1, 0.15) is 50.4 Å². The highest BCUT2D eigenvalue weighted by Gasteiger charge is 2.20. The molecule has 3 rings (SSSR count). The molecule has 1 aliphatic rings. The molecule has 1 fully saturated rings. The van der Waals surface area contributed by atoms with Crippen LogP contribution in [-0.4, -0.2) is 53.5 Å². The van der Waals surface area contributed by atoms with Crippen LogP contribution in [0.2, 0.25) is 0 Å². The lowest BCUT2D eigenvalue weighted by Gasteiger charge is -2.22. The average Bonchev–Trinajstić information content (AvgIpc) is 3.40. The predicted molar refractivity (Wildman–Crippen MR) is 113 cm³/mol. The van der Waals surface area contributed by atoms with Gasteiger partial charge in [0.2, 0.25) is 11.0 Å². The molecule has 0 bridgehead atoms. The fourth-order valence-electron chi connectivity index (χ4n) is 3.42. The Morgan fingerprint density at radius 2 is 2.11 bits per heavy atom. The summed E-state index contributed by atoms with van der Waals surface area (Å²) >= 11 is 1.43. The Kier molecular flexibility index (Phi) is 7.65. The quantitative estimate of drug-likeness (QED) is 0.606. The van der Waals surface area contributed by atoms with Crippen molar-refractivity contribution in [1.82, 2.24) is 14.3 Å². The van der Waals surface area contributed by atoms with Crippen molar-refractivity contribution in [2.75, 3.05) is 38.2 Å². The monoisotopic (exact) mass is 402 g/mol. The highest BCUT2D eigenvalue weighted by Crippen LogP contribution is 2.22. The first-order chi connectivity index (χ1) is 13.7. The van der Waals surface area contributed by atoms with Crippen molar-refractivity contribution < 1.29 is 9.53 Å². The first kappa shape index (κ1) is 20.6. The number of rotatable bonds is 10. The highest BCUT2D eigenvalue weighted by molar-refractivity contribution is 7.09. The molecule has 6 nitrogen and oxygen atoms in total. The number of nitrogens with zero attached hydrogens (tertiary/aromatic N) is 4. The summed E-state index contributed by atoms with van der Waals surface area (Å²) in [4.78, 5) is 21.4. The van der Waals surface area contributed by atoms with Crippen molar-refractivity contribution in [3.63, 3.8) is 0 Å². The Bertz CT molecular complexity index is 758. The van der Waals surface area contributed by atoms with Crippen molar-refractivity contribution in [1.29, 1.82) is 0 Å². The van der Waals surface area contributed by atoms with E-state index in [1.54, 1.807) is 7.11 Å². The van der Waals surface area contributed by atoms with Crippen molar-refractivity contribution in [3.8, 4) is 5.75 Å². The Morgan fingerprint density at radius 3 is 2.86 bits per heavy atom. The van der Waals surface area contributed by atoms with E-state index in [9.17, 15) is 4.79 Å². The molecule has 0 unspecified atom stereocenters. The number of unbranched alkanes of at least 4 members (excludes halogenated alkanes) is 1. The van der Waals surface area contributed by atoms with Gasteiger partial charge in [0.25, 0.3) is 0 Å². The predicted octanol–water partition coefficient (Wildman–Crippen LogP) is 3.76. The molecular weight excluding hydrogens is 372 g/mol. The third-order valence-corrected chi connectivity index (χ3v) is 5.88. The number of ether oxygens (including phenoxy) is 1. The molecule has 152 valence electrons. The number of methoxy groups -OCH3 is 1. The molecule has 2 heterocycles. The average molecular weight is 403 g/mol. The second-order valence-corrected chi connectivity index (χ2v) is 7.93.